The van der Waals surface area contributed by atoms with Gasteiger partial charge in [0.05, 0.1) is 16.6 Å². The van der Waals surface area contributed by atoms with Gasteiger partial charge in [0.15, 0.2) is 11.2 Å². The molecule has 5 aromatic rings. The van der Waals surface area contributed by atoms with Crippen LogP contribution >= 0.6 is 0 Å². The SMILES string of the molecule is Cc1cc(N2C(=O)c3oc4c(ccc5ccccc54)c(=O)c3[C@@H]2c2ccccn2)no1. The maximum atomic E-state index is 13.7. The van der Waals surface area contributed by atoms with E-state index < -0.39 is 11.9 Å². The number of amides is 1. The van der Waals surface area contributed by atoms with E-state index in [0.717, 1.165) is 10.8 Å². The average molecular weight is 409 g/mol. The molecule has 3 aromatic heterocycles. The van der Waals surface area contributed by atoms with Crippen LogP contribution in [0.4, 0.5) is 5.82 Å². The van der Waals surface area contributed by atoms with Crippen LogP contribution in [0.15, 0.2) is 80.6 Å². The van der Waals surface area contributed by atoms with E-state index in [1.54, 1.807) is 37.4 Å². The van der Waals surface area contributed by atoms with Gasteiger partial charge in [0.25, 0.3) is 5.91 Å². The zero-order valence-corrected chi connectivity index (χ0v) is 16.4. The lowest BCUT2D eigenvalue weighted by molar-refractivity contribution is 0.0969. The molecule has 1 aliphatic heterocycles. The molecule has 0 spiro atoms. The molecule has 1 aliphatic rings. The van der Waals surface area contributed by atoms with E-state index in [1.165, 1.54) is 4.90 Å². The van der Waals surface area contributed by atoms with Gasteiger partial charge in [-0.25, -0.2) is 0 Å². The molecule has 6 rings (SSSR count). The third-order valence-corrected chi connectivity index (χ3v) is 5.59. The van der Waals surface area contributed by atoms with Crippen molar-refractivity contribution in [3.8, 4) is 0 Å². The fourth-order valence-corrected chi connectivity index (χ4v) is 4.22. The van der Waals surface area contributed by atoms with Gasteiger partial charge in [-0.2, -0.15) is 0 Å². The number of carbonyl (C=O) groups is 1. The van der Waals surface area contributed by atoms with Crippen LogP contribution < -0.4 is 10.3 Å². The predicted molar refractivity (Wildman–Crippen MR) is 114 cm³/mol. The lowest BCUT2D eigenvalue weighted by Crippen LogP contribution is -2.30. The highest BCUT2D eigenvalue weighted by atomic mass is 16.5. The Labute approximate surface area is 175 Å². The van der Waals surface area contributed by atoms with Crippen molar-refractivity contribution in [1.82, 2.24) is 10.1 Å². The summed E-state index contributed by atoms with van der Waals surface area (Å²) in [5.74, 6) is 0.405. The number of hydrogen-bond acceptors (Lipinski definition) is 6. The number of benzene rings is 2. The second kappa shape index (κ2) is 6.37. The van der Waals surface area contributed by atoms with Crippen LogP contribution in [0.25, 0.3) is 21.7 Å². The Morgan fingerprint density at radius 1 is 0.968 bits per heavy atom. The number of carbonyl (C=O) groups excluding carboxylic acids is 1. The van der Waals surface area contributed by atoms with Gasteiger partial charge in [0, 0.05) is 17.6 Å². The number of pyridine rings is 1. The molecule has 0 saturated heterocycles. The van der Waals surface area contributed by atoms with Crippen LogP contribution in [0.1, 0.15) is 33.6 Å². The first-order valence-corrected chi connectivity index (χ1v) is 9.80. The van der Waals surface area contributed by atoms with E-state index in [-0.39, 0.29) is 16.8 Å². The molecular weight excluding hydrogens is 394 g/mol. The Balaban J connectivity index is 1.70. The molecule has 0 bridgehead atoms. The molecular formula is C24H15N3O4. The van der Waals surface area contributed by atoms with Crippen molar-refractivity contribution in [2.24, 2.45) is 0 Å². The molecule has 4 heterocycles. The van der Waals surface area contributed by atoms with Gasteiger partial charge in [-0.15, -0.1) is 0 Å². The van der Waals surface area contributed by atoms with Gasteiger partial charge < -0.3 is 8.94 Å². The van der Waals surface area contributed by atoms with E-state index in [4.69, 9.17) is 8.94 Å². The molecule has 0 aliphatic carbocycles. The summed E-state index contributed by atoms with van der Waals surface area (Å²) in [5, 5.41) is 6.14. The summed E-state index contributed by atoms with van der Waals surface area (Å²) in [6.45, 7) is 1.74. The summed E-state index contributed by atoms with van der Waals surface area (Å²) >= 11 is 0. The molecule has 1 atom stereocenters. The second-order valence-electron chi connectivity index (χ2n) is 7.47. The Hall–Kier alpha value is -4.26. The third-order valence-electron chi connectivity index (χ3n) is 5.59. The highest BCUT2D eigenvalue weighted by Crippen LogP contribution is 2.40. The molecule has 150 valence electrons. The summed E-state index contributed by atoms with van der Waals surface area (Å²) in [5.41, 5.74) is 0.941. The van der Waals surface area contributed by atoms with Gasteiger partial charge in [0.1, 0.15) is 17.4 Å². The number of nitrogens with zero attached hydrogens (tertiary/aromatic N) is 3. The molecule has 2 aromatic carbocycles. The monoisotopic (exact) mass is 409 g/mol. The molecule has 0 saturated carbocycles. The third kappa shape index (κ3) is 2.46. The number of rotatable bonds is 2. The van der Waals surface area contributed by atoms with E-state index >= 15 is 0 Å². The summed E-state index contributed by atoms with van der Waals surface area (Å²) in [4.78, 5) is 33.0. The minimum Gasteiger partial charge on any atom is -0.450 e. The van der Waals surface area contributed by atoms with Gasteiger partial charge >= 0.3 is 0 Å². The van der Waals surface area contributed by atoms with Crippen molar-refractivity contribution in [3.63, 3.8) is 0 Å². The quantitative estimate of drug-likeness (QED) is 0.402. The zero-order valence-electron chi connectivity index (χ0n) is 16.4. The van der Waals surface area contributed by atoms with Gasteiger partial charge in [-0.3, -0.25) is 19.5 Å². The fourth-order valence-electron chi connectivity index (χ4n) is 4.22. The van der Waals surface area contributed by atoms with Gasteiger partial charge in [-0.05, 0) is 30.5 Å². The van der Waals surface area contributed by atoms with Gasteiger partial charge in [0.2, 0.25) is 5.76 Å². The van der Waals surface area contributed by atoms with Crippen LogP contribution in [0.2, 0.25) is 0 Å². The standard InChI is InChI=1S/C24H15N3O4/c1-13-12-18(26-31-13)27-20(17-8-4-5-11-25-17)19-21(28)16-10-9-14-6-2-3-7-15(14)22(16)30-23(19)24(27)29/h2-12,20H,1H3/t20-/m0/s1. The second-order valence-corrected chi connectivity index (χ2v) is 7.47. The maximum Gasteiger partial charge on any atom is 0.296 e. The van der Waals surface area contributed by atoms with Crippen LogP contribution in [-0.4, -0.2) is 16.0 Å². The number of anilines is 1. The van der Waals surface area contributed by atoms with Crippen molar-refractivity contribution >= 4 is 33.5 Å². The molecule has 0 N–H and O–H groups in total. The molecule has 31 heavy (non-hydrogen) atoms. The van der Waals surface area contributed by atoms with E-state index in [0.29, 0.717) is 28.2 Å². The van der Waals surface area contributed by atoms with Crippen LogP contribution in [0, 0.1) is 6.92 Å². The predicted octanol–water partition coefficient (Wildman–Crippen LogP) is 4.39. The van der Waals surface area contributed by atoms with Crippen LogP contribution in [-0.2, 0) is 0 Å². The van der Waals surface area contributed by atoms with Crippen molar-refractivity contribution in [2.75, 3.05) is 4.90 Å². The number of hydrogen-bond donors (Lipinski definition) is 0. The van der Waals surface area contributed by atoms with Crippen molar-refractivity contribution in [3.05, 3.63) is 99.9 Å². The molecule has 7 heteroatoms. The largest absolute Gasteiger partial charge is 0.450 e. The normalized spacial score (nSPS) is 15.7. The van der Waals surface area contributed by atoms with Crippen molar-refractivity contribution < 1.29 is 13.7 Å². The first-order valence-electron chi connectivity index (χ1n) is 9.80. The summed E-state index contributed by atoms with van der Waals surface area (Å²) in [7, 11) is 0. The molecule has 1 amide bonds. The highest BCUT2D eigenvalue weighted by Gasteiger charge is 2.45. The summed E-state index contributed by atoms with van der Waals surface area (Å²) in [6, 6.07) is 17.5. The molecule has 0 fully saturated rings. The number of aromatic nitrogens is 2. The summed E-state index contributed by atoms with van der Waals surface area (Å²) in [6.07, 6.45) is 1.63. The van der Waals surface area contributed by atoms with Crippen LogP contribution in [0.5, 0.6) is 0 Å². The lowest BCUT2D eigenvalue weighted by atomic mass is 10.0. The number of aryl methyl sites for hydroxylation is 1. The first kappa shape index (κ1) is 17.6. The van der Waals surface area contributed by atoms with E-state index in [2.05, 4.69) is 10.1 Å². The van der Waals surface area contributed by atoms with Crippen molar-refractivity contribution in [2.45, 2.75) is 13.0 Å². The van der Waals surface area contributed by atoms with Gasteiger partial charge in [-0.1, -0.05) is 41.6 Å². The fraction of sp³-hybridized carbons (Fsp3) is 0.0833. The lowest BCUT2D eigenvalue weighted by Gasteiger charge is -2.21. The zero-order chi connectivity index (χ0) is 21.1. The Bertz CT molecular complexity index is 1550. The highest BCUT2D eigenvalue weighted by molar-refractivity contribution is 6.12. The smallest absolute Gasteiger partial charge is 0.296 e. The van der Waals surface area contributed by atoms with Crippen molar-refractivity contribution in [1.29, 1.82) is 0 Å². The first-order chi connectivity index (χ1) is 15.1. The summed E-state index contributed by atoms with van der Waals surface area (Å²) < 4.78 is 11.3. The molecule has 7 nitrogen and oxygen atoms in total. The average Bonchev–Trinajstić information content (AvgIpc) is 3.35. The Morgan fingerprint density at radius 2 is 1.81 bits per heavy atom. The van der Waals surface area contributed by atoms with E-state index in [1.807, 2.05) is 36.4 Å². The topological polar surface area (TPSA) is 89.4 Å². The Kier molecular flexibility index (Phi) is 3.61. The van der Waals surface area contributed by atoms with Crippen LogP contribution in [0.3, 0.4) is 0 Å². The Morgan fingerprint density at radius 3 is 2.58 bits per heavy atom. The van der Waals surface area contributed by atoms with E-state index in [9.17, 15) is 9.59 Å². The molecule has 0 unspecified atom stereocenters. The minimum absolute atomic E-state index is 0.00478. The number of fused-ring (bicyclic) bond motifs is 4. The maximum absolute atomic E-state index is 13.7. The minimum atomic E-state index is -0.764. The molecule has 0 radical (unpaired) electrons.